The van der Waals surface area contributed by atoms with Crippen molar-refractivity contribution in [2.75, 3.05) is 20.7 Å². The Balaban J connectivity index is 1.83. The third-order valence-electron chi connectivity index (χ3n) is 3.52. The third kappa shape index (κ3) is 4.01. The Kier molecular flexibility index (Phi) is 5.49. The Morgan fingerprint density at radius 3 is 3.15 bits per heavy atom. The van der Waals surface area contributed by atoms with E-state index in [1.807, 2.05) is 7.05 Å². The number of amides is 1. The summed E-state index contributed by atoms with van der Waals surface area (Å²) >= 11 is 0. The maximum atomic E-state index is 12.2. The molecule has 1 atom stereocenters. The van der Waals surface area contributed by atoms with Crippen molar-refractivity contribution in [3.63, 3.8) is 0 Å². The van der Waals surface area contributed by atoms with Gasteiger partial charge >= 0.3 is 0 Å². The van der Waals surface area contributed by atoms with Crippen LogP contribution in [0.2, 0.25) is 0 Å². The van der Waals surface area contributed by atoms with E-state index in [9.17, 15) is 4.79 Å². The Bertz CT molecular complexity index is 435. The largest absolute Gasteiger partial charge is 0.375 e. The van der Waals surface area contributed by atoms with Gasteiger partial charge in [-0.3, -0.25) is 9.69 Å². The van der Waals surface area contributed by atoms with E-state index in [1.54, 1.807) is 7.11 Å². The highest BCUT2D eigenvalue weighted by Gasteiger charge is 2.24. The molecule has 2 rings (SSSR count). The normalized spacial score (nSPS) is 20.6. The van der Waals surface area contributed by atoms with Crippen LogP contribution in [-0.2, 0) is 22.7 Å². The maximum absolute atomic E-state index is 12.2. The minimum absolute atomic E-state index is 0.0347. The molecule has 1 aliphatic heterocycles. The van der Waals surface area contributed by atoms with E-state index >= 15 is 0 Å². The lowest BCUT2D eigenvalue weighted by Gasteiger charge is -2.24. The molecular formula is C13H22N4O3. The van der Waals surface area contributed by atoms with E-state index in [2.05, 4.69) is 20.4 Å². The van der Waals surface area contributed by atoms with Gasteiger partial charge in [0.05, 0.1) is 12.6 Å². The second kappa shape index (κ2) is 7.35. The summed E-state index contributed by atoms with van der Waals surface area (Å²) < 4.78 is 9.88. The van der Waals surface area contributed by atoms with E-state index in [0.29, 0.717) is 11.7 Å². The summed E-state index contributed by atoms with van der Waals surface area (Å²) in [5, 5.41) is 6.67. The number of ether oxygens (including phenoxy) is 1. The molecule has 7 nitrogen and oxygen atoms in total. The van der Waals surface area contributed by atoms with Crippen molar-refractivity contribution in [2.45, 2.75) is 44.9 Å². The van der Waals surface area contributed by atoms with Gasteiger partial charge in [-0.25, -0.2) is 0 Å². The standard InChI is InChI=1S/C13H22N4O3/c1-17-7-5-3-4-6-10(17)13(18)14-8-11-15-12(9-19-2)20-16-11/h10H,3-9H2,1-2H3,(H,14,18). The monoisotopic (exact) mass is 282 g/mol. The van der Waals surface area contributed by atoms with Crippen LogP contribution in [0.25, 0.3) is 0 Å². The zero-order chi connectivity index (χ0) is 14.4. The number of carbonyl (C=O) groups excluding carboxylic acids is 1. The SMILES string of the molecule is COCc1nc(CNC(=O)C2CCCCCN2C)no1. The van der Waals surface area contributed by atoms with Gasteiger partial charge in [0.2, 0.25) is 5.91 Å². The smallest absolute Gasteiger partial charge is 0.252 e. The zero-order valence-corrected chi connectivity index (χ0v) is 12.1. The minimum atomic E-state index is -0.0529. The van der Waals surface area contributed by atoms with Crippen molar-refractivity contribution in [3.8, 4) is 0 Å². The topological polar surface area (TPSA) is 80.5 Å². The first-order valence-electron chi connectivity index (χ1n) is 6.99. The third-order valence-corrected chi connectivity index (χ3v) is 3.52. The molecule has 0 bridgehead atoms. The number of methoxy groups -OCH3 is 1. The molecule has 1 aromatic rings. The van der Waals surface area contributed by atoms with E-state index in [4.69, 9.17) is 9.26 Å². The first-order valence-corrected chi connectivity index (χ1v) is 6.99. The molecule has 0 aliphatic carbocycles. The molecule has 0 spiro atoms. The quantitative estimate of drug-likeness (QED) is 0.856. The molecule has 2 heterocycles. The lowest BCUT2D eigenvalue weighted by Crippen LogP contribution is -2.44. The van der Waals surface area contributed by atoms with Crippen LogP contribution in [0.3, 0.4) is 0 Å². The summed E-state index contributed by atoms with van der Waals surface area (Å²) in [6, 6.07) is -0.0529. The Morgan fingerprint density at radius 1 is 1.50 bits per heavy atom. The highest BCUT2D eigenvalue weighted by molar-refractivity contribution is 5.81. The van der Waals surface area contributed by atoms with E-state index in [0.717, 1.165) is 25.8 Å². The zero-order valence-electron chi connectivity index (χ0n) is 12.1. The van der Waals surface area contributed by atoms with Crippen molar-refractivity contribution < 1.29 is 14.1 Å². The molecule has 1 aromatic heterocycles. The van der Waals surface area contributed by atoms with Crippen LogP contribution in [0.1, 0.15) is 37.4 Å². The number of hydrogen-bond donors (Lipinski definition) is 1. The van der Waals surface area contributed by atoms with Crippen molar-refractivity contribution >= 4 is 5.91 Å². The molecule has 1 aliphatic rings. The Hall–Kier alpha value is -1.47. The second-order valence-corrected chi connectivity index (χ2v) is 5.10. The summed E-state index contributed by atoms with van der Waals surface area (Å²) in [5.41, 5.74) is 0. The first-order chi connectivity index (χ1) is 9.70. The molecule has 0 saturated carbocycles. The molecular weight excluding hydrogens is 260 g/mol. The number of carbonyl (C=O) groups is 1. The molecule has 1 amide bonds. The summed E-state index contributed by atoms with van der Waals surface area (Å²) in [5.74, 6) is 0.928. The van der Waals surface area contributed by atoms with Gasteiger partial charge in [-0.15, -0.1) is 0 Å². The van der Waals surface area contributed by atoms with Crippen molar-refractivity contribution in [1.82, 2.24) is 20.4 Å². The summed E-state index contributed by atoms with van der Waals surface area (Å²) in [4.78, 5) is 18.4. The number of likely N-dealkylation sites (N-methyl/N-ethyl adjacent to an activating group) is 1. The predicted molar refractivity (Wildman–Crippen MR) is 71.7 cm³/mol. The van der Waals surface area contributed by atoms with E-state index < -0.39 is 0 Å². The highest BCUT2D eigenvalue weighted by atomic mass is 16.5. The fourth-order valence-electron chi connectivity index (χ4n) is 2.41. The van der Waals surface area contributed by atoms with Crippen LogP contribution in [0.15, 0.2) is 4.52 Å². The predicted octanol–water partition coefficient (Wildman–Crippen LogP) is 0.707. The summed E-state index contributed by atoms with van der Waals surface area (Å²) in [6.45, 7) is 1.54. The van der Waals surface area contributed by atoms with Gasteiger partial charge in [-0.2, -0.15) is 4.98 Å². The molecule has 1 N–H and O–H groups in total. The molecule has 1 unspecified atom stereocenters. The lowest BCUT2D eigenvalue weighted by atomic mass is 10.1. The van der Waals surface area contributed by atoms with Gasteiger partial charge < -0.3 is 14.6 Å². The van der Waals surface area contributed by atoms with Crippen molar-refractivity contribution in [3.05, 3.63) is 11.7 Å². The minimum Gasteiger partial charge on any atom is -0.375 e. The Morgan fingerprint density at radius 2 is 2.35 bits per heavy atom. The van der Waals surface area contributed by atoms with Crippen LogP contribution in [0.5, 0.6) is 0 Å². The molecule has 0 aromatic carbocycles. The van der Waals surface area contributed by atoms with Gasteiger partial charge in [0, 0.05) is 7.11 Å². The number of hydrogen-bond acceptors (Lipinski definition) is 6. The summed E-state index contributed by atoms with van der Waals surface area (Å²) in [7, 11) is 3.56. The average Bonchev–Trinajstić information content (AvgIpc) is 2.77. The fourth-order valence-corrected chi connectivity index (χ4v) is 2.41. The fraction of sp³-hybridized carbons (Fsp3) is 0.769. The number of nitrogens with zero attached hydrogens (tertiary/aromatic N) is 3. The molecule has 112 valence electrons. The number of rotatable bonds is 5. The molecule has 1 saturated heterocycles. The molecule has 20 heavy (non-hydrogen) atoms. The maximum Gasteiger partial charge on any atom is 0.252 e. The van der Waals surface area contributed by atoms with E-state index in [1.165, 1.54) is 6.42 Å². The highest BCUT2D eigenvalue weighted by Crippen LogP contribution is 2.15. The van der Waals surface area contributed by atoms with Gasteiger partial charge in [0.1, 0.15) is 6.61 Å². The molecule has 0 radical (unpaired) electrons. The van der Waals surface area contributed by atoms with Gasteiger partial charge in [0.15, 0.2) is 5.82 Å². The summed E-state index contributed by atoms with van der Waals surface area (Å²) in [6.07, 6.45) is 4.36. The van der Waals surface area contributed by atoms with Gasteiger partial charge in [0.25, 0.3) is 5.89 Å². The second-order valence-electron chi connectivity index (χ2n) is 5.10. The number of likely N-dealkylation sites (tertiary alicyclic amines) is 1. The van der Waals surface area contributed by atoms with Crippen LogP contribution in [0, 0.1) is 0 Å². The van der Waals surface area contributed by atoms with Crippen LogP contribution in [-0.4, -0.2) is 47.7 Å². The van der Waals surface area contributed by atoms with Crippen molar-refractivity contribution in [1.29, 1.82) is 0 Å². The average molecular weight is 282 g/mol. The van der Waals surface area contributed by atoms with Crippen LogP contribution >= 0.6 is 0 Å². The van der Waals surface area contributed by atoms with Crippen LogP contribution < -0.4 is 5.32 Å². The van der Waals surface area contributed by atoms with Gasteiger partial charge in [-0.1, -0.05) is 18.0 Å². The number of aromatic nitrogens is 2. The van der Waals surface area contributed by atoms with Crippen molar-refractivity contribution in [2.24, 2.45) is 0 Å². The Labute approximate surface area is 118 Å². The van der Waals surface area contributed by atoms with E-state index in [-0.39, 0.29) is 25.1 Å². The molecule has 1 fully saturated rings. The molecule has 7 heteroatoms. The first kappa shape index (κ1) is 14.9. The number of nitrogens with one attached hydrogen (secondary N) is 1. The lowest BCUT2D eigenvalue weighted by molar-refractivity contribution is -0.126. The van der Waals surface area contributed by atoms with Gasteiger partial charge in [-0.05, 0) is 26.4 Å². The van der Waals surface area contributed by atoms with Crippen LogP contribution in [0.4, 0.5) is 0 Å².